The summed E-state index contributed by atoms with van der Waals surface area (Å²) in [5.41, 5.74) is -2.33. The number of ether oxygens (including phenoxy) is 4. The molecule has 0 spiro atoms. The fraction of sp³-hybridized carbons (Fsp3) is 0.545. The Bertz CT molecular complexity index is 965. The molecule has 2 atom stereocenters. The van der Waals surface area contributed by atoms with E-state index in [1.807, 2.05) is 0 Å². The molecule has 0 aliphatic rings. The van der Waals surface area contributed by atoms with Gasteiger partial charge in [-0.1, -0.05) is 31.9 Å². The first-order chi connectivity index (χ1) is 17.9. The third-order valence-corrected chi connectivity index (χ3v) is 6.95. The molecule has 0 saturated heterocycles. The molecule has 0 N–H and O–H groups in total. The van der Waals surface area contributed by atoms with E-state index in [1.54, 1.807) is 0 Å². The molecular weight excluding hydrogens is 644 g/mol. The van der Waals surface area contributed by atoms with Crippen molar-refractivity contribution >= 4 is 67.1 Å². The molecule has 38 heavy (non-hydrogen) atoms. The number of benzene rings is 1. The van der Waals surface area contributed by atoms with Gasteiger partial charge in [-0.25, -0.2) is 0 Å². The molecule has 14 nitrogen and oxygen atoms in total. The number of esters is 4. The number of nitro benzene ring substituents is 2. The smallest absolute Gasteiger partial charge is 0.321 e. The standard InChI is InChI=1S/C22H26Br2N2O12/c1-5-35-19(27)15(20(28)36-6-2)17(23)11-9-12(14(26(33)34)10-13(11)25(31)32)18(24)16(21(29)37-7-3)22(30)38-8-4/h9-10,15-18H,5-8H2,1-4H3/t17-,18-/m1/s1. The number of halogens is 2. The number of nitrogens with zero attached hydrogens (tertiary/aromatic N) is 2. The highest BCUT2D eigenvalue weighted by molar-refractivity contribution is 9.09. The van der Waals surface area contributed by atoms with Crippen LogP contribution in [-0.4, -0.2) is 60.2 Å². The van der Waals surface area contributed by atoms with Gasteiger partial charge in [0.1, 0.15) is 0 Å². The molecule has 1 aromatic carbocycles. The highest BCUT2D eigenvalue weighted by Gasteiger charge is 2.44. The second-order valence-electron chi connectivity index (χ2n) is 7.25. The molecule has 0 bridgehead atoms. The molecule has 1 aromatic rings. The van der Waals surface area contributed by atoms with Crippen LogP contribution < -0.4 is 0 Å². The molecule has 0 heterocycles. The summed E-state index contributed by atoms with van der Waals surface area (Å²) in [5.74, 6) is -7.71. The lowest BCUT2D eigenvalue weighted by atomic mass is 9.91. The van der Waals surface area contributed by atoms with Gasteiger partial charge in [0.2, 0.25) is 0 Å². The second-order valence-corrected chi connectivity index (χ2v) is 9.22. The van der Waals surface area contributed by atoms with Gasteiger partial charge < -0.3 is 18.9 Å². The van der Waals surface area contributed by atoms with Crippen LogP contribution in [0.15, 0.2) is 12.1 Å². The molecule has 1 rings (SSSR count). The molecule has 0 aliphatic carbocycles. The molecule has 210 valence electrons. The Labute approximate surface area is 233 Å². The van der Waals surface area contributed by atoms with Crippen LogP contribution in [0.25, 0.3) is 0 Å². The Kier molecular flexibility index (Phi) is 13.3. The predicted molar refractivity (Wildman–Crippen MR) is 137 cm³/mol. The van der Waals surface area contributed by atoms with Crippen molar-refractivity contribution in [2.45, 2.75) is 37.3 Å². The van der Waals surface area contributed by atoms with Crippen molar-refractivity contribution < 1.29 is 48.0 Å². The summed E-state index contributed by atoms with van der Waals surface area (Å²) in [4.78, 5) is 69.5. The zero-order valence-electron chi connectivity index (χ0n) is 20.8. The second kappa shape index (κ2) is 15.3. The number of carbonyl (C=O) groups excluding carboxylic acids is 4. The van der Waals surface area contributed by atoms with Crippen molar-refractivity contribution in [3.63, 3.8) is 0 Å². The first-order valence-corrected chi connectivity index (χ1v) is 13.1. The molecule has 0 saturated carbocycles. The van der Waals surface area contributed by atoms with Crippen molar-refractivity contribution in [2.24, 2.45) is 11.8 Å². The quantitative estimate of drug-likeness (QED) is 0.0695. The van der Waals surface area contributed by atoms with Gasteiger partial charge in [0.25, 0.3) is 11.4 Å². The van der Waals surface area contributed by atoms with Gasteiger partial charge in [-0.3, -0.25) is 39.4 Å². The van der Waals surface area contributed by atoms with Crippen LogP contribution >= 0.6 is 31.9 Å². The Morgan fingerprint density at radius 3 is 1.13 bits per heavy atom. The summed E-state index contributed by atoms with van der Waals surface area (Å²) < 4.78 is 19.7. The van der Waals surface area contributed by atoms with Gasteiger partial charge in [-0.15, -0.1) is 0 Å². The number of alkyl halides is 2. The van der Waals surface area contributed by atoms with Crippen molar-refractivity contribution in [3.8, 4) is 0 Å². The average Bonchev–Trinajstić information content (AvgIpc) is 2.83. The molecule has 0 unspecified atom stereocenters. The minimum atomic E-state index is -1.73. The van der Waals surface area contributed by atoms with E-state index in [1.165, 1.54) is 27.7 Å². The minimum absolute atomic E-state index is 0.119. The van der Waals surface area contributed by atoms with Gasteiger partial charge in [-0.05, 0) is 33.8 Å². The number of carbonyl (C=O) groups is 4. The lowest BCUT2D eigenvalue weighted by Crippen LogP contribution is -2.32. The summed E-state index contributed by atoms with van der Waals surface area (Å²) in [6.45, 7) is 5.45. The fourth-order valence-corrected chi connectivity index (χ4v) is 4.92. The number of rotatable bonds is 14. The van der Waals surface area contributed by atoms with Gasteiger partial charge in [-0.2, -0.15) is 0 Å². The van der Waals surface area contributed by atoms with E-state index in [-0.39, 0.29) is 37.6 Å². The SMILES string of the molecule is CCOC(=O)C(C(=O)OCC)[C@H](Br)c1cc([C@@H](Br)C(C(=O)OCC)C(=O)OCC)c([N+](=O)[O-])cc1[N+](=O)[O-]. The first-order valence-electron chi connectivity index (χ1n) is 11.3. The van der Waals surface area contributed by atoms with Crippen molar-refractivity contribution in [2.75, 3.05) is 26.4 Å². The van der Waals surface area contributed by atoms with Crippen LogP contribution in [-0.2, 0) is 38.1 Å². The number of hydrogen-bond donors (Lipinski definition) is 0. The van der Waals surface area contributed by atoms with E-state index in [9.17, 15) is 39.4 Å². The summed E-state index contributed by atoms with van der Waals surface area (Å²) in [6, 6.07) is 1.56. The molecule has 0 aromatic heterocycles. The van der Waals surface area contributed by atoms with E-state index in [4.69, 9.17) is 18.9 Å². The maximum Gasteiger partial charge on any atom is 0.321 e. The van der Waals surface area contributed by atoms with Crippen LogP contribution in [0.4, 0.5) is 11.4 Å². The molecule has 0 fully saturated rings. The van der Waals surface area contributed by atoms with Crippen LogP contribution in [0.3, 0.4) is 0 Å². The monoisotopic (exact) mass is 668 g/mol. The van der Waals surface area contributed by atoms with E-state index < -0.39 is 66.6 Å². The highest BCUT2D eigenvalue weighted by Crippen LogP contribution is 2.46. The van der Waals surface area contributed by atoms with Gasteiger partial charge >= 0.3 is 23.9 Å². The number of hydrogen-bond acceptors (Lipinski definition) is 12. The van der Waals surface area contributed by atoms with E-state index >= 15 is 0 Å². The average molecular weight is 670 g/mol. The first kappa shape index (κ1) is 32.9. The van der Waals surface area contributed by atoms with Gasteiger partial charge in [0, 0.05) is 11.1 Å². The molecule has 0 aliphatic heterocycles. The maximum absolute atomic E-state index is 12.6. The van der Waals surface area contributed by atoms with E-state index in [0.717, 1.165) is 6.07 Å². The normalized spacial score (nSPS) is 12.4. The zero-order valence-corrected chi connectivity index (χ0v) is 24.0. The van der Waals surface area contributed by atoms with Gasteiger partial charge in [0.05, 0.1) is 52.0 Å². The predicted octanol–water partition coefficient (Wildman–Crippen LogP) is 3.86. The van der Waals surface area contributed by atoms with Crippen LogP contribution in [0, 0.1) is 32.1 Å². The van der Waals surface area contributed by atoms with E-state index in [0.29, 0.717) is 6.07 Å². The van der Waals surface area contributed by atoms with Crippen molar-refractivity contribution in [3.05, 3.63) is 43.5 Å². The number of nitro groups is 2. The zero-order chi connectivity index (χ0) is 29.2. The Balaban J connectivity index is 3.92. The summed E-state index contributed by atoms with van der Waals surface area (Å²) in [5, 5.41) is 23.8. The van der Waals surface area contributed by atoms with Crippen molar-refractivity contribution in [1.29, 1.82) is 0 Å². The largest absolute Gasteiger partial charge is 0.465 e. The highest BCUT2D eigenvalue weighted by atomic mass is 79.9. The molecule has 16 heteroatoms. The summed E-state index contributed by atoms with van der Waals surface area (Å²) in [7, 11) is 0. The minimum Gasteiger partial charge on any atom is -0.465 e. The van der Waals surface area contributed by atoms with Crippen LogP contribution in [0.5, 0.6) is 0 Å². The van der Waals surface area contributed by atoms with Gasteiger partial charge in [0.15, 0.2) is 11.8 Å². The Hall–Kier alpha value is -3.14. The summed E-state index contributed by atoms with van der Waals surface area (Å²) in [6.07, 6.45) is 0. The third kappa shape index (κ3) is 7.93. The van der Waals surface area contributed by atoms with Crippen LogP contribution in [0.2, 0.25) is 0 Å². The fourth-order valence-electron chi connectivity index (χ4n) is 3.33. The lowest BCUT2D eigenvalue weighted by molar-refractivity contribution is -0.395. The summed E-state index contributed by atoms with van der Waals surface area (Å²) >= 11 is 6.26. The lowest BCUT2D eigenvalue weighted by Gasteiger charge is -2.23. The maximum atomic E-state index is 12.6. The topological polar surface area (TPSA) is 191 Å². The van der Waals surface area contributed by atoms with E-state index in [2.05, 4.69) is 31.9 Å². The molecule has 0 amide bonds. The third-order valence-electron chi connectivity index (χ3n) is 4.91. The van der Waals surface area contributed by atoms with Crippen LogP contribution in [0.1, 0.15) is 48.5 Å². The van der Waals surface area contributed by atoms with Crippen molar-refractivity contribution in [1.82, 2.24) is 0 Å². The Morgan fingerprint density at radius 2 is 0.921 bits per heavy atom. The molecule has 0 radical (unpaired) electrons. The molecular formula is C22H26Br2N2O12. The Morgan fingerprint density at radius 1 is 0.658 bits per heavy atom.